The zero-order valence-corrected chi connectivity index (χ0v) is 11.5. The van der Waals surface area contributed by atoms with Gasteiger partial charge in [0.25, 0.3) is 5.56 Å². The molecule has 1 unspecified atom stereocenters. The standard InChI is InChI=1S/C13H16N4O3/c1-7(2)12(13(19)20)15-9-4-5-10-14-8(3)6-11(18)17(10)16-9/h4-7,12H,1-3H3,(H,15,16)(H,19,20). The molecule has 7 nitrogen and oxygen atoms in total. The van der Waals surface area contributed by atoms with Gasteiger partial charge in [0.05, 0.1) is 0 Å². The van der Waals surface area contributed by atoms with Crippen LogP contribution in [-0.2, 0) is 4.79 Å². The summed E-state index contributed by atoms with van der Waals surface area (Å²) in [6, 6.07) is 3.85. The van der Waals surface area contributed by atoms with E-state index in [1.807, 2.05) is 0 Å². The fourth-order valence-corrected chi connectivity index (χ4v) is 1.87. The Hall–Kier alpha value is -2.44. The molecule has 20 heavy (non-hydrogen) atoms. The van der Waals surface area contributed by atoms with Gasteiger partial charge in [-0.25, -0.2) is 9.78 Å². The lowest BCUT2D eigenvalue weighted by molar-refractivity contribution is -0.138. The Balaban J connectivity index is 2.42. The van der Waals surface area contributed by atoms with Gasteiger partial charge in [-0.1, -0.05) is 13.8 Å². The lowest BCUT2D eigenvalue weighted by atomic mass is 10.1. The number of aromatic nitrogens is 3. The first-order valence-corrected chi connectivity index (χ1v) is 6.25. The van der Waals surface area contributed by atoms with E-state index in [1.165, 1.54) is 6.07 Å². The molecule has 2 aromatic heterocycles. The van der Waals surface area contributed by atoms with Crippen LogP contribution < -0.4 is 10.9 Å². The van der Waals surface area contributed by atoms with Gasteiger partial charge in [0.2, 0.25) is 0 Å². The van der Waals surface area contributed by atoms with Crippen LogP contribution in [0, 0.1) is 12.8 Å². The van der Waals surface area contributed by atoms with Crippen LogP contribution >= 0.6 is 0 Å². The molecule has 0 fully saturated rings. The van der Waals surface area contributed by atoms with Crippen molar-refractivity contribution in [2.45, 2.75) is 26.8 Å². The number of aliphatic carboxylic acids is 1. The summed E-state index contributed by atoms with van der Waals surface area (Å²) in [5.41, 5.74) is 0.743. The van der Waals surface area contributed by atoms with Crippen LogP contribution in [0.5, 0.6) is 0 Å². The van der Waals surface area contributed by atoms with Gasteiger partial charge < -0.3 is 10.4 Å². The highest BCUT2D eigenvalue weighted by atomic mass is 16.4. The SMILES string of the molecule is Cc1cc(=O)n2nc(NC(C(=O)O)C(C)C)ccc2n1. The molecule has 106 valence electrons. The number of carboxylic acids is 1. The summed E-state index contributed by atoms with van der Waals surface area (Å²) < 4.78 is 1.15. The van der Waals surface area contributed by atoms with Gasteiger partial charge in [-0.2, -0.15) is 4.52 Å². The topological polar surface area (TPSA) is 96.6 Å². The highest BCUT2D eigenvalue weighted by Gasteiger charge is 2.21. The van der Waals surface area contributed by atoms with E-state index in [0.29, 0.717) is 17.2 Å². The highest BCUT2D eigenvalue weighted by Crippen LogP contribution is 2.11. The van der Waals surface area contributed by atoms with Crippen molar-refractivity contribution in [3.63, 3.8) is 0 Å². The smallest absolute Gasteiger partial charge is 0.326 e. The van der Waals surface area contributed by atoms with Gasteiger partial charge in [0, 0.05) is 11.8 Å². The quantitative estimate of drug-likeness (QED) is 0.862. The molecule has 0 aromatic carbocycles. The Morgan fingerprint density at radius 2 is 2.10 bits per heavy atom. The van der Waals surface area contributed by atoms with Crippen molar-refractivity contribution in [1.82, 2.24) is 14.6 Å². The van der Waals surface area contributed by atoms with Crippen LogP contribution in [0.4, 0.5) is 5.82 Å². The number of aryl methyl sites for hydroxylation is 1. The molecule has 0 saturated heterocycles. The predicted molar refractivity (Wildman–Crippen MR) is 73.9 cm³/mol. The van der Waals surface area contributed by atoms with E-state index >= 15 is 0 Å². The molecule has 0 amide bonds. The van der Waals surface area contributed by atoms with Crippen LogP contribution in [0.3, 0.4) is 0 Å². The molecule has 2 aromatic rings. The maximum absolute atomic E-state index is 11.8. The van der Waals surface area contributed by atoms with E-state index in [9.17, 15) is 9.59 Å². The average molecular weight is 276 g/mol. The second kappa shape index (κ2) is 5.28. The van der Waals surface area contributed by atoms with E-state index in [0.717, 1.165) is 4.52 Å². The number of anilines is 1. The minimum Gasteiger partial charge on any atom is -0.480 e. The first-order chi connectivity index (χ1) is 9.38. The molecule has 0 aliphatic heterocycles. The molecular weight excluding hydrogens is 260 g/mol. The molecule has 0 saturated carbocycles. The lowest BCUT2D eigenvalue weighted by Crippen LogP contribution is -2.35. The van der Waals surface area contributed by atoms with E-state index in [1.54, 1.807) is 32.9 Å². The number of carboxylic acid groups (broad SMARTS) is 1. The summed E-state index contributed by atoms with van der Waals surface area (Å²) in [5.74, 6) is -0.750. The summed E-state index contributed by atoms with van der Waals surface area (Å²) in [7, 11) is 0. The second-order valence-electron chi connectivity index (χ2n) is 4.93. The molecule has 2 rings (SSSR count). The number of nitrogens with zero attached hydrogens (tertiary/aromatic N) is 3. The highest BCUT2D eigenvalue weighted by molar-refractivity contribution is 5.77. The van der Waals surface area contributed by atoms with Gasteiger partial charge in [0.15, 0.2) is 5.65 Å². The Kier molecular flexibility index (Phi) is 3.69. The number of hydrogen-bond donors (Lipinski definition) is 2. The van der Waals surface area contributed by atoms with Crippen molar-refractivity contribution >= 4 is 17.4 Å². The number of hydrogen-bond acceptors (Lipinski definition) is 5. The average Bonchev–Trinajstić information content (AvgIpc) is 2.35. The monoisotopic (exact) mass is 276 g/mol. The minimum atomic E-state index is -0.962. The van der Waals surface area contributed by atoms with E-state index in [-0.39, 0.29) is 11.5 Å². The Bertz CT molecular complexity index is 708. The largest absolute Gasteiger partial charge is 0.480 e. The Morgan fingerprint density at radius 3 is 2.70 bits per heavy atom. The zero-order valence-electron chi connectivity index (χ0n) is 11.5. The molecule has 0 aliphatic rings. The molecule has 0 bridgehead atoms. The normalized spacial score (nSPS) is 12.6. The van der Waals surface area contributed by atoms with Gasteiger partial charge in [-0.05, 0) is 25.0 Å². The van der Waals surface area contributed by atoms with Gasteiger partial charge in [-0.15, -0.1) is 5.10 Å². The van der Waals surface area contributed by atoms with Gasteiger partial charge in [0.1, 0.15) is 11.9 Å². The fraction of sp³-hybridized carbons (Fsp3) is 0.385. The van der Waals surface area contributed by atoms with Crippen LogP contribution in [0.15, 0.2) is 23.0 Å². The summed E-state index contributed by atoms with van der Waals surface area (Å²) in [6.07, 6.45) is 0. The molecular formula is C13H16N4O3. The first kappa shape index (κ1) is 14.0. The second-order valence-corrected chi connectivity index (χ2v) is 4.93. The molecule has 0 aliphatic carbocycles. The zero-order chi connectivity index (χ0) is 14.9. The maximum atomic E-state index is 11.8. The minimum absolute atomic E-state index is 0.113. The van der Waals surface area contributed by atoms with E-state index in [4.69, 9.17) is 5.11 Å². The van der Waals surface area contributed by atoms with Crippen LogP contribution in [0.2, 0.25) is 0 Å². The van der Waals surface area contributed by atoms with Crippen molar-refractivity contribution in [2.75, 3.05) is 5.32 Å². The maximum Gasteiger partial charge on any atom is 0.326 e. The summed E-state index contributed by atoms with van der Waals surface area (Å²) in [4.78, 5) is 27.2. The molecule has 7 heteroatoms. The molecule has 0 radical (unpaired) electrons. The molecule has 1 atom stereocenters. The third-order valence-electron chi connectivity index (χ3n) is 2.88. The molecule has 2 heterocycles. The van der Waals surface area contributed by atoms with Gasteiger partial charge >= 0.3 is 5.97 Å². The lowest BCUT2D eigenvalue weighted by Gasteiger charge is -2.18. The Labute approximate surface area is 115 Å². The predicted octanol–water partition coefficient (Wildman–Crippen LogP) is 0.919. The summed E-state index contributed by atoms with van der Waals surface area (Å²) in [6.45, 7) is 5.32. The number of nitrogens with one attached hydrogen (secondary N) is 1. The Morgan fingerprint density at radius 1 is 1.40 bits per heavy atom. The summed E-state index contributed by atoms with van der Waals surface area (Å²) in [5, 5.41) is 16.0. The fourth-order valence-electron chi connectivity index (χ4n) is 1.87. The number of rotatable bonds is 4. The van der Waals surface area contributed by atoms with Crippen molar-refractivity contribution in [3.8, 4) is 0 Å². The van der Waals surface area contributed by atoms with Crippen LogP contribution in [0.1, 0.15) is 19.5 Å². The molecule has 2 N–H and O–H groups in total. The van der Waals surface area contributed by atoms with Crippen LogP contribution in [-0.4, -0.2) is 31.7 Å². The third-order valence-corrected chi connectivity index (χ3v) is 2.88. The third kappa shape index (κ3) is 2.76. The van der Waals surface area contributed by atoms with E-state index < -0.39 is 12.0 Å². The summed E-state index contributed by atoms with van der Waals surface area (Å²) >= 11 is 0. The van der Waals surface area contributed by atoms with Crippen molar-refractivity contribution in [2.24, 2.45) is 5.92 Å². The molecule has 0 spiro atoms. The first-order valence-electron chi connectivity index (χ1n) is 6.25. The van der Waals surface area contributed by atoms with Crippen molar-refractivity contribution in [1.29, 1.82) is 0 Å². The van der Waals surface area contributed by atoms with Crippen molar-refractivity contribution in [3.05, 3.63) is 34.2 Å². The number of fused-ring (bicyclic) bond motifs is 1. The van der Waals surface area contributed by atoms with Gasteiger partial charge in [-0.3, -0.25) is 4.79 Å². The number of carbonyl (C=O) groups is 1. The van der Waals surface area contributed by atoms with E-state index in [2.05, 4.69) is 15.4 Å². The van der Waals surface area contributed by atoms with Crippen LogP contribution in [0.25, 0.3) is 5.65 Å². The van der Waals surface area contributed by atoms with Crippen molar-refractivity contribution < 1.29 is 9.90 Å².